The fourth-order valence-electron chi connectivity index (χ4n) is 5.74. The van der Waals surface area contributed by atoms with Gasteiger partial charge in [-0.2, -0.15) is 0 Å². The zero-order chi connectivity index (χ0) is 24.1. The SMILES string of the molecule is Cc1ccccc1-c1cccc(-c2ccc3c(c2)c2c(n3-c3cccc4cnccc34)CCC=C2)c1. The van der Waals surface area contributed by atoms with Crippen molar-refractivity contribution in [2.24, 2.45) is 0 Å². The Hall–Kier alpha value is -4.43. The van der Waals surface area contributed by atoms with Gasteiger partial charge in [0.05, 0.1) is 11.2 Å². The van der Waals surface area contributed by atoms with E-state index in [0.29, 0.717) is 0 Å². The lowest BCUT2D eigenvalue weighted by Crippen LogP contribution is -2.03. The molecule has 0 radical (unpaired) electrons. The van der Waals surface area contributed by atoms with Gasteiger partial charge in [0.2, 0.25) is 0 Å². The molecule has 2 heterocycles. The van der Waals surface area contributed by atoms with E-state index in [1.54, 1.807) is 0 Å². The van der Waals surface area contributed by atoms with Crippen LogP contribution in [-0.2, 0) is 6.42 Å². The molecule has 0 saturated carbocycles. The molecule has 2 heteroatoms. The number of hydrogen-bond acceptors (Lipinski definition) is 1. The maximum atomic E-state index is 4.34. The van der Waals surface area contributed by atoms with Gasteiger partial charge in [-0.05, 0) is 77.9 Å². The first-order valence-electron chi connectivity index (χ1n) is 12.6. The first-order chi connectivity index (χ1) is 17.8. The van der Waals surface area contributed by atoms with Crippen LogP contribution in [0.2, 0.25) is 0 Å². The zero-order valence-corrected chi connectivity index (χ0v) is 20.3. The van der Waals surface area contributed by atoms with Crippen molar-refractivity contribution in [1.29, 1.82) is 0 Å². The summed E-state index contributed by atoms with van der Waals surface area (Å²) in [7, 11) is 0. The van der Waals surface area contributed by atoms with Crippen LogP contribution in [0.4, 0.5) is 0 Å². The smallest absolute Gasteiger partial charge is 0.0538 e. The Labute approximate surface area is 211 Å². The van der Waals surface area contributed by atoms with Crippen molar-refractivity contribution in [2.45, 2.75) is 19.8 Å². The number of aryl methyl sites for hydroxylation is 1. The normalized spacial score (nSPS) is 12.8. The fourth-order valence-corrected chi connectivity index (χ4v) is 5.74. The van der Waals surface area contributed by atoms with Gasteiger partial charge in [0.25, 0.3) is 0 Å². The van der Waals surface area contributed by atoms with E-state index in [4.69, 9.17) is 0 Å². The topological polar surface area (TPSA) is 17.8 Å². The Morgan fingerprint density at radius 2 is 1.61 bits per heavy atom. The van der Waals surface area contributed by atoms with E-state index in [1.165, 1.54) is 66.4 Å². The second-order valence-electron chi connectivity index (χ2n) is 9.64. The number of benzene rings is 4. The van der Waals surface area contributed by atoms with Crippen LogP contribution in [0.25, 0.3) is 55.7 Å². The molecule has 0 spiro atoms. The molecule has 0 bridgehead atoms. The Balaban J connectivity index is 1.43. The molecule has 0 aliphatic heterocycles. The Kier molecular flexibility index (Phi) is 4.85. The lowest BCUT2D eigenvalue weighted by Gasteiger charge is -2.15. The largest absolute Gasteiger partial charge is 0.312 e. The van der Waals surface area contributed by atoms with Gasteiger partial charge >= 0.3 is 0 Å². The van der Waals surface area contributed by atoms with Crippen LogP contribution in [0.15, 0.2) is 109 Å². The molecule has 7 rings (SSSR count). The minimum atomic E-state index is 1.04. The van der Waals surface area contributed by atoms with Gasteiger partial charge < -0.3 is 4.57 Å². The van der Waals surface area contributed by atoms with Crippen molar-refractivity contribution in [3.05, 3.63) is 126 Å². The van der Waals surface area contributed by atoms with Crippen molar-refractivity contribution in [2.75, 3.05) is 0 Å². The maximum absolute atomic E-state index is 4.34. The van der Waals surface area contributed by atoms with Gasteiger partial charge in [-0.15, -0.1) is 0 Å². The number of pyridine rings is 1. The number of aromatic nitrogens is 2. The highest BCUT2D eigenvalue weighted by Crippen LogP contribution is 2.38. The summed E-state index contributed by atoms with van der Waals surface area (Å²) >= 11 is 0. The van der Waals surface area contributed by atoms with E-state index >= 15 is 0 Å². The molecule has 172 valence electrons. The van der Waals surface area contributed by atoms with Crippen LogP contribution in [0.5, 0.6) is 0 Å². The maximum Gasteiger partial charge on any atom is 0.0538 e. The highest BCUT2D eigenvalue weighted by molar-refractivity contribution is 5.99. The Bertz CT molecular complexity index is 1800. The summed E-state index contributed by atoms with van der Waals surface area (Å²) in [6.45, 7) is 2.18. The van der Waals surface area contributed by atoms with Gasteiger partial charge in [0.15, 0.2) is 0 Å². The monoisotopic (exact) mass is 462 g/mol. The molecule has 0 unspecified atom stereocenters. The molecule has 0 fully saturated rings. The minimum absolute atomic E-state index is 1.04. The third-order valence-electron chi connectivity index (χ3n) is 7.49. The van der Waals surface area contributed by atoms with Gasteiger partial charge in [0, 0.05) is 39.8 Å². The fraction of sp³-hybridized carbons (Fsp3) is 0.0882. The molecule has 1 aliphatic rings. The number of hydrogen-bond donors (Lipinski definition) is 0. The second-order valence-corrected chi connectivity index (χ2v) is 9.64. The van der Waals surface area contributed by atoms with E-state index in [-0.39, 0.29) is 0 Å². The Morgan fingerprint density at radius 1 is 0.750 bits per heavy atom. The summed E-state index contributed by atoms with van der Waals surface area (Å²) < 4.78 is 2.48. The molecule has 0 amide bonds. The molecule has 0 atom stereocenters. The second kappa shape index (κ2) is 8.35. The van der Waals surface area contributed by atoms with E-state index in [2.05, 4.69) is 120 Å². The van der Waals surface area contributed by atoms with Crippen LogP contribution < -0.4 is 0 Å². The van der Waals surface area contributed by atoms with E-state index < -0.39 is 0 Å². The predicted octanol–water partition coefficient (Wildman–Crippen LogP) is 8.78. The minimum Gasteiger partial charge on any atom is -0.312 e. The van der Waals surface area contributed by atoms with Gasteiger partial charge in [-0.1, -0.05) is 72.8 Å². The molecule has 0 N–H and O–H groups in total. The number of rotatable bonds is 3. The highest BCUT2D eigenvalue weighted by atomic mass is 15.0. The molecule has 2 nitrogen and oxygen atoms in total. The van der Waals surface area contributed by atoms with Crippen LogP contribution >= 0.6 is 0 Å². The summed E-state index contributed by atoms with van der Waals surface area (Å²) in [6.07, 6.45) is 10.6. The van der Waals surface area contributed by atoms with Gasteiger partial charge in [-0.25, -0.2) is 0 Å². The summed E-state index contributed by atoms with van der Waals surface area (Å²) in [5, 5.41) is 3.71. The number of fused-ring (bicyclic) bond motifs is 4. The first-order valence-corrected chi connectivity index (χ1v) is 12.6. The zero-order valence-electron chi connectivity index (χ0n) is 20.3. The van der Waals surface area contributed by atoms with Crippen molar-refractivity contribution in [1.82, 2.24) is 9.55 Å². The third kappa shape index (κ3) is 3.30. The summed E-state index contributed by atoms with van der Waals surface area (Å²) in [5.41, 5.74) is 11.6. The van der Waals surface area contributed by atoms with Gasteiger partial charge in [-0.3, -0.25) is 4.98 Å². The molecule has 1 aliphatic carbocycles. The summed E-state index contributed by atoms with van der Waals surface area (Å²) in [5.74, 6) is 0. The molecular formula is C34H26N2. The summed E-state index contributed by atoms with van der Waals surface area (Å²) in [6, 6.07) is 33.1. The predicted molar refractivity (Wildman–Crippen MR) is 152 cm³/mol. The van der Waals surface area contributed by atoms with Crippen LogP contribution in [0.1, 0.15) is 23.2 Å². The van der Waals surface area contributed by atoms with Crippen molar-refractivity contribution < 1.29 is 0 Å². The highest BCUT2D eigenvalue weighted by Gasteiger charge is 2.20. The number of allylic oxidation sites excluding steroid dienone is 1. The van der Waals surface area contributed by atoms with Gasteiger partial charge in [0.1, 0.15) is 0 Å². The van der Waals surface area contributed by atoms with Crippen LogP contribution in [0, 0.1) is 6.92 Å². The molecular weight excluding hydrogens is 436 g/mol. The lowest BCUT2D eigenvalue weighted by molar-refractivity contribution is 0.891. The molecule has 36 heavy (non-hydrogen) atoms. The molecule has 6 aromatic rings. The van der Waals surface area contributed by atoms with E-state index in [0.717, 1.165) is 12.8 Å². The Morgan fingerprint density at radius 3 is 2.56 bits per heavy atom. The van der Waals surface area contributed by atoms with Crippen LogP contribution in [0.3, 0.4) is 0 Å². The quantitative estimate of drug-likeness (QED) is 0.257. The number of nitrogens with zero attached hydrogens (tertiary/aromatic N) is 2. The average Bonchev–Trinajstić information content (AvgIpc) is 3.27. The first kappa shape index (κ1) is 20.9. The van der Waals surface area contributed by atoms with Crippen molar-refractivity contribution in [3.63, 3.8) is 0 Å². The van der Waals surface area contributed by atoms with Crippen molar-refractivity contribution in [3.8, 4) is 27.9 Å². The molecule has 0 saturated heterocycles. The lowest BCUT2D eigenvalue weighted by atomic mass is 9.95. The van der Waals surface area contributed by atoms with E-state index in [1.807, 2.05) is 12.4 Å². The van der Waals surface area contributed by atoms with Crippen LogP contribution in [-0.4, -0.2) is 9.55 Å². The average molecular weight is 463 g/mol. The third-order valence-corrected chi connectivity index (χ3v) is 7.49. The molecule has 4 aromatic carbocycles. The molecule has 2 aromatic heterocycles. The summed E-state index contributed by atoms with van der Waals surface area (Å²) in [4.78, 5) is 4.34. The van der Waals surface area contributed by atoms with E-state index in [9.17, 15) is 0 Å². The van der Waals surface area contributed by atoms with Crippen molar-refractivity contribution >= 4 is 27.8 Å². The standard InChI is InChI=1S/C34H26N2/c1-23-8-2-3-12-28(23)26-10-6-9-24(20-26)25-16-17-34-31(21-25)30-13-4-5-14-33(30)36(34)32-15-7-11-27-22-35-19-18-29(27)32/h2-4,6-13,15-22H,5,14H2,1H3.